The molecule has 0 spiro atoms. The van der Waals surface area contributed by atoms with Crippen molar-refractivity contribution in [2.45, 2.75) is 39.7 Å². The predicted octanol–water partition coefficient (Wildman–Crippen LogP) is 5.91. The van der Waals surface area contributed by atoms with Crippen LogP contribution >= 0.6 is 27.3 Å². The number of unbranched alkanes of at least 4 members (excludes halogenated alkanes) is 1. The summed E-state index contributed by atoms with van der Waals surface area (Å²) in [5.74, 6) is -2.52. The van der Waals surface area contributed by atoms with Gasteiger partial charge in [-0.1, -0.05) is 36.8 Å². The van der Waals surface area contributed by atoms with Gasteiger partial charge in [0, 0.05) is 5.56 Å². The Morgan fingerprint density at radius 3 is 2.63 bits per heavy atom. The van der Waals surface area contributed by atoms with Gasteiger partial charge in [0.05, 0.1) is 42.1 Å². The van der Waals surface area contributed by atoms with Gasteiger partial charge in [0.2, 0.25) is 0 Å². The van der Waals surface area contributed by atoms with Gasteiger partial charge < -0.3 is 24.4 Å². The highest BCUT2D eigenvalue weighted by Gasteiger charge is 2.49. The standard InChI is InChI=1S/C29H29BrN2O8S/c1-5-7-11-40-18-10-8-9-16(12-18)23(33)21-22(17-13-19(30)24(34)20(14-17)38-4)32(27(36)25(21)35)29-31-15(3)26(41-29)28(37)39-6-2/h8-10,12-14,22,33-34H,5-7,11H2,1-4H3/b23-21+. The number of thiazole rings is 1. The second kappa shape index (κ2) is 12.7. The summed E-state index contributed by atoms with van der Waals surface area (Å²) in [6, 6.07) is 8.42. The van der Waals surface area contributed by atoms with Crippen LogP contribution in [0.4, 0.5) is 5.13 Å². The number of aliphatic hydroxyl groups is 1. The van der Waals surface area contributed by atoms with Crippen LogP contribution in [0, 0.1) is 6.92 Å². The number of ether oxygens (including phenoxy) is 3. The topological polar surface area (TPSA) is 135 Å². The largest absolute Gasteiger partial charge is 0.507 e. The predicted molar refractivity (Wildman–Crippen MR) is 157 cm³/mol. The zero-order valence-corrected chi connectivity index (χ0v) is 25.3. The molecule has 2 aromatic carbocycles. The highest BCUT2D eigenvalue weighted by Crippen LogP contribution is 2.47. The van der Waals surface area contributed by atoms with Gasteiger partial charge in [0.15, 0.2) is 16.6 Å². The fourth-order valence-electron chi connectivity index (χ4n) is 4.35. The van der Waals surface area contributed by atoms with Crippen LogP contribution in [0.1, 0.15) is 59.2 Å². The maximum atomic E-state index is 13.6. The molecule has 1 aliphatic rings. The summed E-state index contributed by atoms with van der Waals surface area (Å²) in [5.41, 5.74) is 0.735. The molecule has 1 aliphatic heterocycles. The summed E-state index contributed by atoms with van der Waals surface area (Å²) >= 11 is 4.20. The molecular weight excluding hydrogens is 616 g/mol. The van der Waals surface area contributed by atoms with Crippen molar-refractivity contribution in [3.05, 3.63) is 68.1 Å². The van der Waals surface area contributed by atoms with Crippen LogP contribution in [0.5, 0.6) is 17.2 Å². The van der Waals surface area contributed by atoms with E-state index >= 15 is 0 Å². The van der Waals surface area contributed by atoms with Crippen LogP contribution < -0.4 is 14.4 Å². The van der Waals surface area contributed by atoms with E-state index in [1.54, 1.807) is 38.1 Å². The molecule has 0 saturated carbocycles. The summed E-state index contributed by atoms with van der Waals surface area (Å²) in [6.07, 6.45) is 1.79. The van der Waals surface area contributed by atoms with Gasteiger partial charge in [-0.05, 0) is 66.0 Å². The third kappa shape index (κ3) is 5.94. The molecule has 2 N–H and O–H groups in total. The fraction of sp³-hybridized carbons (Fsp3) is 0.310. The zero-order chi connectivity index (χ0) is 29.8. The molecule has 10 nitrogen and oxygen atoms in total. The molecule has 1 fully saturated rings. The van der Waals surface area contributed by atoms with E-state index in [0.717, 1.165) is 29.1 Å². The van der Waals surface area contributed by atoms with E-state index in [4.69, 9.17) is 14.2 Å². The van der Waals surface area contributed by atoms with E-state index in [0.29, 0.717) is 23.6 Å². The summed E-state index contributed by atoms with van der Waals surface area (Å²) < 4.78 is 16.4. The number of methoxy groups -OCH3 is 1. The number of hydrogen-bond acceptors (Lipinski definition) is 10. The highest BCUT2D eigenvalue weighted by molar-refractivity contribution is 9.10. The zero-order valence-electron chi connectivity index (χ0n) is 22.9. The molecular formula is C29H29BrN2O8S. The molecule has 1 amide bonds. The number of aromatic nitrogens is 1. The first kappa shape index (κ1) is 30.1. The number of hydrogen-bond donors (Lipinski definition) is 2. The molecule has 2 heterocycles. The number of phenols is 1. The second-order valence-electron chi connectivity index (χ2n) is 9.08. The smallest absolute Gasteiger partial charge is 0.350 e. The number of carbonyl (C=O) groups is 3. The van der Waals surface area contributed by atoms with Crippen LogP contribution in [0.2, 0.25) is 0 Å². The van der Waals surface area contributed by atoms with Crippen molar-refractivity contribution in [2.75, 3.05) is 25.2 Å². The van der Waals surface area contributed by atoms with Crippen molar-refractivity contribution < 1.29 is 38.8 Å². The molecule has 0 radical (unpaired) electrons. The summed E-state index contributed by atoms with van der Waals surface area (Å²) in [7, 11) is 1.36. The number of ketones is 1. The van der Waals surface area contributed by atoms with Gasteiger partial charge in [-0.2, -0.15) is 0 Å². The number of aryl methyl sites for hydroxylation is 1. The van der Waals surface area contributed by atoms with Crippen LogP contribution in [-0.2, 0) is 14.3 Å². The Bertz CT molecular complexity index is 1530. The third-order valence-electron chi connectivity index (χ3n) is 6.36. The number of nitrogens with zero attached hydrogens (tertiary/aromatic N) is 2. The summed E-state index contributed by atoms with van der Waals surface area (Å²) in [4.78, 5) is 45.4. The minimum Gasteiger partial charge on any atom is -0.507 e. The van der Waals surface area contributed by atoms with E-state index in [1.165, 1.54) is 19.2 Å². The molecule has 1 aromatic heterocycles. The molecule has 216 valence electrons. The van der Waals surface area contributed by atoms with Gasteiger partial charge in [-0.15, -0.1) is 0 Å². The number of aliphatic hydroxyl groups excluding tert-OH is 1. The van der Waals surface area contributed by atoms with Gasteiger partial charge in [0.1, 0.15) is 16.4 Å². The van der Waals surface area contributed by atoms with Crippen molar-refractivity contribution in [3.8, 4) is 17.2 Å². The van der Waals surface area contributed by atoms with Crippen molar-refractivity contribution in [1.82, 2.24) is 4.98 Å². The monoisotopic (exact) mass is 644 g/mol. The number of halogens is 1. The number of esters is 1. The van der Waals surface area contributed by atoms with Gasteiger partial charge >= 0.3 is 11.9 Å². The normalized spacial score (nSPS) is 16.2. The Labute approximate surface area is 249 Å². The first-order chi connectivity index (χ1) is 19.6. The lowest BCUT2D eigenvalue weighted by atomic mass is 9.95. The van der Waals surface area contributed by atoms with Crippen molar-refractivity contribution in [3.63, 3.8) is 0 Å². The number of carbonyl (C=O) groups excluding carboxylic acids is 3. The maximum absolute atomic E-state index is 13.6. The lowest BCUT2D eigenvalue weighted by Crippen LogP contribution is -2.29. The molecule has 3 aromatic rings. The van der Waals surface area contributed by atoms with Crippen LogP contribution in [0.15, 0.2) is 46.4 Å². The number of phenolic OH excluding ortho intramolecular Hbond substituents is 1. The average Bonchev–Trinajstić information content (AvgIpc) is 3.46. The second-order valence-corrected chi connectivity index (χ2v) is 10.9. The summed E-state index contributed by atoms with van der Waals surface area (Å²) in [6.45, 7) is 5.95. The molecule has 12 heteroatoms. The third-order valence-corrected chi connectivity index (χ3v) is 8.10. The number of rotatable bonds is 10. The van der Waals surface area contributed by atoms with Crippen molar-refractivity contribution in [1.29, 1.82) is 0 Å². The molecule has 1 atom stereocenters. The highest BCUT2D eigenvalue weighted by atomic mass is 79.9. The molecule has 1 unspecified atom stereocenters. The van der Waals surface area contributed by atoms with Crippen LogP contribution in [-0.4, -0.2) is 53.2 Å². The van der Waals surface area contributed by atoms with Gasteiger partial charge in [-0.3, -0.25) is 14.5 Å². The number of Topliss-reactive ketones (excluding diaryl/α,β-unsaturated/α-hetero) is 1. The molecule has 0 aliphatic carbocycles. The first-order valence-corrected chi connectivity index (χ1v) is 14.5. The fourth-order valence-corrected chi connectivity index (χ4v) is 5.79. The van der Waals surface area contributed by atoms with Gasteiger partial charge in [0.25, 0.3) is 5.78 Å². The minimum absolute atomic E-state index is 0.0662. The number of benzene rings is 2. The SMILES string of the molecule is CCCCOc1cccc(/C(O)=C2\C(=O)C(=O)N(c3nc(C)c(C(=O)OCC)s3)C2c2cc(Br)c(O)c(OC)c2)c1. The van der Waals surface area contributed by atoms with Crippen LogP contribution in [0.3, 0.4) is 0 Å². The Balaban J connectivity index is 1.92. The quantitative estimate of drug-likeness (QED) is 0.0907. The Kier molecular flexibility index (Phi) is 9.34. The molecule has 0 bridgehead atoms. The number of anilines is 1. The van der Waals surface area contributed by atoms with E-state index in [2.05, 4.69) is 20.9 Å². The maximum Gasteiger partial charge on any atom is 0.350 e. The molecule has 4 rings (SSSR count). The Morgan fingerprint density at radius 2 is 1.95 bits per heavy atom. The van der Waals surface area contributed by atoms with E-state index in [-0.39, 0.29) is 43.7 Å². The van der Waals surface area contributed by atoms with Crippen molar-refractivity contribution in [2.24, 2.45) is 0 Å². The minimum atomic E-state index is -1.17. The van der Waals surface area contributed by atoms with E-state index in [1.807, 2.05) is 6.92 Å². The lowest BCUT2D eigenvalue weighted by Gasteiger charge is -2.24. The number of amides is 1. The van der Waals surface area contributed by atoms with E-state index < -0.39 is 29.5 Å². The first-order valence-electron chi connectivity index (χ1n) is 12.9. The van der Waals surface area contributed by atoms with Gasteiger partial charge in [-0.25, -0.2) is 9.78 Å². The Hall–Kier alpha value is -3.90. The van der Waals surface area contributed by atoms with Crippen molar-refractivity contribution >= 4 is 55.8 Å². The number of aromatic hydroxyl groups is 1. The van der Waals surface area contributed by atoms with E-state index in [9.17, 15) is 24.6 Å². The van der Waals surface area contributed by atoms with Crippen LogP contribution in [0.25, 0.3) is 5.76 Å². The average molecular weight is 646 g/mol. The molecule has 41 heavy (non-hydrogen) atoms. The summed E-state index contributed by atoms with van der Waals surface area (Å²) in [5, 5.41) is 22.0. The lowest BCUT2D eigenvalue weighted by molar-refractivity contribution is -0.132. The Morgan fingerprint density at radius 1 is 1.20 bits per heavy atom. The molecule has 1 saturated heterocycles.